The Balaban J connectivity index is 0.000000486. The molecule has 1 amide bonds. The molecule has 3 nitrogen and oxygen atoms in total. The minimum absolute atomic E-state index is 0.178. The summed E-state index contributed by atoms with van der Waals surface area (Å²) in [6.07, 6.45) is 5.52. The Bertz CT molecular complexity index is 412. The van der Waals surface area contributed by atoms with Crippen LogP contribution in [0.15, 0.2) is 30.3 Å². The predicted octanol–water partition coefficient (Wildman–Crippen LogP) is 3.31. The Morgan fingerprint density at radius 3 is 2.19 bits per heavy atom. The first-order valence-corrected chi connectivity index (χ1v) is 9.46. The number of unbranched alkanes of at least 4 members (excludes halogenated alkanes) is 2. The molecule has 0 aliphatic heterocycles. The Morgan fingerprint density at radius 1 is 1.19 bits per heavy atom. The Hall–Kier alpha value is -1.00. The molecule has 0 fully saturated rings. The molecule has 0 bridgehead atoms. The van der Waals surface area contributed by atoms with Crippen molar-refractivity contribution in [3.05, 3.63) is 30.3 Å². The van der Waals surface area contributed by atoms with Crippen molar-refractivity contribution in [2.45, 2.75) is 57.4 Å². The highest BCUT2D eigenvalue weighted by Crippen LogP contribution is 2.07. The van der Waals surface area contributed by atoms with Crippen LogP contribution in [0.5, 0.6) is 0 Å². The Labute approximate surface area is 134 Å². The maximum Gasteiger partial charge on any atom is 0.330 e. The molecule has 0 saturated carbocycles. The van der Waals surface area contributed by atoms with Crippen molar-refractivity contribution < 1.29 is 9.26 Å². The lowest BCUT2D eigenvalue weighted by Gasteiger charge is -2.05. The highest BCUT2D eigenvalue weighted by Gasteiger charge is 2.18. The SMILES string of the molecule is CCCCC(Cl)[Si](=O)c1ccccc1.CCCCC(N)=O. The molecule has 0 radical (unpaired) electrons. The molecule has 21 heavy (non-hydrogen) atoms. The van der Waals surface area contributed by atoms with Crippen molar-refractivity contribution in [2.75, 3.05) is 0 Å². The van der Waals surface area contributed by atoms with Gasteiger partial charge in [0.05, 0.1) is 5.00 Å². The van der Waals surface area contributed by atoms with Crippen LogP contribution in [0.1, 0.15) is 52.4 Å². The second kappa shape index (κ2) is 12.7. The van der Waals surface area contributed by atoms with Gasteiger partial charge in [-0.25, -0.2) is 0 Å². The topological polar surface area (TPSA) is 60.2 Å². The molecule has 1 rings (SSSR count). The molecular weight excluding hydrogens is 302 g/mol. The van der Waals surface area contributed by atoms with Crippen molar-refractivity contribution >= 4 is 31.4 Å². The third-order valence-corrected chi connectivity index (χ3v) is 5.50. The molecule has 1 aromatic rings. The van der Waals surface area contributed by atoms with Crippen LogP contribution >= 0.6 is 11.6 Å². The normalized spacial score (nSPS) is 11.2. The van der Waals surface area contributed by atoms with E-state index in [0.29, 0.717) is 6.42 Å². The van der Waals surface area contributed by atoms with Crippen molar-refractivity contribution in [1.29, 1.82) is 0 Å². The summed E-state index contributed by atoms with van der Waals surface area (Å²) >= 11 is 6.08. The number of hydrogen-bond acceptors (Lipinski definition) is 2. The summed E-state index contributed by atoms with van der Waals surface area (Å²) in [5, 5.41) is 0.718. The zero-order valence-electron chi connectivity index (χ0n) is 13.0. The van der Waals surface area contributed by atoms with Gasteiger partial charge in [-0.2, -0.15) is 0 Å². The van der Waals surface area contributed by atoms with E-state index in [2.05, 4.69) is 6.92 Å². The lowest BCUT2D eigenvalue weighted by Crippen LogP contribution is -2.30. The highest BCUT2D eigenvalue weighted by atomic mass is 35.5. The van der Waals surface area contributed by atoms with Gasteiger partial charge in [-0.1, -0.05) is 63.4 Å². The molecule has 1 unspecified atom stereocenters. The number of rotatable bonds is 8. The number of benzene rings is 1. The maximum atomic E-state index is 11.9. The van der Waals surface area contributed by atoms with Crippen LogP contribution in [0.2, 0.25) is 0 Å². The molecule has 0 aliphatic rings. The van der Waals surface area contributed by atoms with Crippen LogP contribution in [0, 0.1) is 0 Å². The van der Waals surface area contributed by atoms with E-state index in [9.17, 15) is 9.26 Å². The van der Waals surface area contributed by atoms with Gasteiger partial charge in [-0.3, -0.25) is 4.79 Å². The number of carbonyl (C=O) groups is 1. The summed E-state index contributed by atoms with van der Waals surface area (Å²) in [6, 6.07) is 9.52. The number of alkyl halides is 1. The molecule has 0 heterocycles. The first-order chi connectivity index (χ1) is 10.0. The van der Waals surface area contributed by atoms with E-state index in [1.165, 1.54) is 0 Å². The van der Waals surface area contributed by atoms with Crippen molar-refractivity contribution in [1.82, 2.24) is 0 Å². The number of primary amides is 1. The zero-order valence-corrected chi connectivity index (χ0v) is 14.7. The summed E-state index contributed by atoms with van der Waals surface area (Å²) in [7, 11) is -1.80. The molecule has 0 saturated heterocycles. The number of nitrogens with two attached hydrogens (primary N) is 1. The second-order valence-corrected chi connectivity index (χ2v) is 7.81. The summed E-state index contributed by atoms with van der Waals surface area (Å²) in [4.78, 5) is 9.98. The van der Waals surface area contributed by atoms with Crippen molar-refractivity contribution in [2.24, 2.45) is 5.73 Å². The molecule has 0 aliphatic carbocycles. The monoisotopic (exact) mass is 327 g/mol. The van der Waals surface area contributed by atoms with E-state index < -0.39 is 8.68 Å². The van der Waals surface area contributed by atoms with Crippen LogP contribution in [-0.2, 0) is 9.26 Å². The summed E-state index contributed by atoms with van der Waals surface area (Å²) in [5.74, 6) is -0.193. The lowest BCUT2D eigenvalue weighted by atomic mass is 10.2. The average molecular weight is 328 g/mol. The van der Waals surface area contributed by atoms with Gasteiger partial charge in [0.25, 0.3) is 0 Å². The van der Waals surface area contributed by atoms with Crippen LogP contribution in [-0.4, -0.2) is 19.6 Å². The molecule has 2 N–H and O–H groups in total. The van der Waals surface area contributed by atoms with E-state index in [1.807, 2.05) is 37.3 Å². The molecular formula is C16H26ClNO2Si. The minimum Gasteiger partial charge on any atom is -0.381 e. The first kappa shape index (κ1) is 20.0. The van der Waals surface area contributed by atoms with Gasteiger partial charge in [0, 0.05) is 6.42 Å². The molecule has 118 valence electrons. The molecule has 5 heteroatoms. The number of halogens is 1. The van der Waals surface area contributed by atoms with Crippen molar-refractivity contribution in [3.8, 4) is 0 Å². The van der Waals surface area contributed by atoms with E-state index in [0.717, 1.165) is 37.3 Å². The number of carbonyl (C=O) groups excluding carboxylic acids is 1. The molecule has 1 aromatic carbocycles. The highest BCUT2D eigenvalue weighted by molar-refractivity contribution is 6.69. The van der Waals surface area contributed by atoms with Gasteiger partial charge in [-0.05, 0) is 18.0 Å². The van der Waals surface area contributed by atoms with Gasteiger partial charge in [0.1, 0.15) is 0 Å². The Kier molecular flexibility index (Phi) is 12.1. The zero-order chi connectivity index (χ0) is 16.1. The fourth-order valence-electron chi connectivity index (χ4n) is 1.65. The van der Waals surface area contributed by atoms with Gasteiger partial charge in [0.15, 0.2) is 0 Å². The van der Waals surface area contributed by atoms with Crippen LogP contribution in [0.4, 0.5) is 0 Å². The molecule has 1 atom stereocenters. The van der Waals surface area contributed by atoms with Gasteiger partial charge >= 0.3 is 8.68 Å². The summed E-state index contributed by atoms with van der Waals surface area (Å²) < 4.78 is 11.9. The third kappa shape index (κ3) is 10.4. The quantitative estimate of drug-likeness (QED) is 0.588. The van der Waals surface area contributed by atoms with Gasteiger partial charge in [0.2, 0.25) is 5.91 Å². The van der Waals surface area contributed by atoms with E-state index >= 15 is 0 Å². The smallest absolute Gasteiger partial charge is 0.330 e. The van der Waals surface area contributed by atoms with Crippen LogP contribution in [0.25, 0.3) is 0 Å². The van der Waals surface area contributed by atoms with E-state index in [4.69, 9.17) is 17.3 Å². The lowest BCUT2D eigenvalue weighted by molar-refractivity contribution is -0.118. The number of amides is 1. The number of hydrogen-bond donors (Lipinski definition) is 1. The Morgan fingerprint density at radius 2 is 1.76 bits per heavy atom. The molecule has 0 spiro atoms. The van der Waals surface area contributed by atoms with Gasteiger partial charge < -0.3 is 10.2 Å². The van der Waals surface area contributed by atoms with E-state index in [1.54, 1.807) is 0 Å². The minimum atomic E-state index is -1.80. The fourth-order valence-corrected chi connectivity index (χ4v) is 3.53. The van der Waals surface area contributed by atoms with Crippen molar-refractivity contribution in [3.63, 3.8) is 0 Å². The van der Waals surface area contributed by atoms with E-state index in [-0.39, 0.29) is 10.9 Å². The standard InChI is InChI=1S/C11H15ClOSi.C5H11NO/c1-2-3-9-11(12)14(13)10-7-5-4-6-8-10;1-2-3-4-5(6)7/h4-8,11H,2-3,9H2,1H3;2-4H2,1H3,(H2,6,7). The average Bonchev–Trinajstić information content (AvgIpc) is 2.51. The summed E-state index contributed by atoms with van der Waals surface area (Å²) in [5.41, 5.74) is 4.84. The maximum absolute atomic E-state index is 11.9. The fraction of sp³-hybridized carbons (Fsp3) is 0.562. The van der Waals surface area contributed by atoms with Crippen LogP contribution < -0.4 is 10.9 Å². The first-order valence-electron chi connectivity index (χ1n) is 7.54. The summed E-state index contributed by atoms with van der Waals surface area (Å²) in [6.45, 7) is 4.15. The third-order valence-electron chi connectivity index (χ3n) is 2.93. The largest absolute Gasteiger partial charge is 0.381 e. The second-order valence-electron chi connectivity index (χ2n) is 4.91. The predicted molar refractivity (Wildman–Crippen MR) is 90.4 cm³/mol. The molecule has 0 aromatic heterocycles. The van der Waals surface area contributed by atoms with Gasteiger partial charge in [-0.15, -0.1) is 11.6 Å². The van der Waals surface area contributed by atoms with Crippen LogP contribution in [0.3, 0.4) is 0 Å².